The van der Waals surface area contributed by atoms with E-state index in [1.165, 1.54) is 22.5 Å². The zero-order valence-corrected chi connectivity index (χ0v) is 21.6. The number of hydrogen-bond acceptors (Lipinski definition) is 8. The maximum atomic E-state index is 12.8. The van der Waals surface area contributed by atoms with Crippen LogP contribution >= 0.6 is 34.8 Å². The van der Waals surface area contributed by atoms with Gasteiger partial charge in [0.2, 0.25) is 20.0 Å². The third kappa shape index (κ3) is 6.62. The minimum absolute atomic E-state index is 0.0249. The highest BCUT2D eigenvalue weighted by molar-refractivity contribution is 7.89. The van der Waals surface area contributed by atoms with Crippen molar-refractivity contribution in [1.29, 1.82) is 0 Å². The number of primary sulfonamides is 1. The molecule has 16 heteroatoms. The van der Waals surface area contributed by atoms with E-state index < -0.39 is 43.4 Å². The highest BCUT2D eigenvalue weighted by Crippen LogP contribution is 2.29. The first-order chi connectivity index (χ1) is 16.3. The van der Waals surface area contributed by atoms with E-state index in [0.717, 1.165) is 12.1 Å². The van der Waals surface area contributed by atoms with E-state index in [1.807, 2.05) is 0 Å². The van der Waals surface area contributed by atoms with Crippen LogP contribution < -0.4 is 10.5 Å². The van der Waals surface area contributed by atoms with Crippen LogP contribution in [0.5, 0.6) is 0 Å². The number of carbonyl (C=O) groups excluding carboxylic acids is 2. The zero-order chi connectivity index (χ0) is 26.0. The molecule has 1 heterocycles. The first kappa shape index (κ1) is 27.6. The third-order valence-corrected chi connectivity index (χ3v) is 8.61. The molecule has 0 saturated carbocycles. The van der Waals surface area contributed by atoms with Gasteiger partial charge in [-0.25, -0.2) is 26.8 Å². The fraction of sp³-hybridized carbons (Fsp3) is 0.263. The molecular weight excluding hydrogens is 569 g/mol. The average molecular weight is 587 g/mol. The Bertz CT molecular complexity index is 1380. The summed E-state index contributed by atoms with van der Waals surface area (Å²) in [7, 11) is -8.11. The number of halogens is 3. The number of rotatable bonds is 7. The van der Waals surface area contributed by atoms with E-state index in [-0.39, 0.29) is 57.5 Å². The summed E-state index contributed by atoms with van der Waals surface area (Å²) in [4.78, 5) is 24.0. The number of sulfonamides is 2. The van der Waals surface area contributed by atoms with Gasteiger partial charge in [0.1, 0.15) is 4.90 Å². The minimum atomic E-state index is -4.26. The lowest BCUT2D eigenvalue weighted by atomic mass is 10.2. The van der Waals surface area contributed by atoms with Gasteiger partial charge in [0.25, 0.3) is 5.91 Å². The van der Waals surface area contributed by atoms with Gasteiger partial charge >= 0.3 is 5.97 Å². The molecule has 0 bridgehead atoms. The number of carbonyl (C=O) groups is 2. The second-order valence-electron chi connectivity index (χ2n) is 7.09. The van der Waals surface area contributed by atoms with Crippen molar-refractivity contribution in [3.05, 3.63) is 51.0 Å². The second-order valence-corrected chi connectivity index (χ2v) is 11.8. The van der Waals surface area contributed by atoms with Crippen LogP contribution in [0.1, 0.15) is 10.4 Å². The number of nitrogens with two attached hydrogens (primary N) is 1. The van der Waals surface area contributed by atoms with E-state index >= 15 is 0 Å². The summed E-state index contributed by atoms with van der Waals surface area (Å²) >= 11 is 17.8. The molecule has 190 valence electrons. The van der Waals surface area contributed by atoms with Crippen LogP contribution in [0.2, 0.25) is 15.1 Å². The van der Waals surface area contributed by atoms with Crippen molar-refractivity contribution in [3.63, 3.8) is 0 Å². The second kappa shape index (κ2) is 11.0. The van der Waals surface area contributed by atoms with Gasteiger partial charge < -0.3 is 14.8 Å². The number of amides is 1. The number of ether oxygens (including phenoxy) is 2. The molecule has 2 aromatic rings. The zero-order valence-electron chi connectivity index (χ0n) is 17.7. The highest BCUT2D eigenvalue weighted by atomic mass is 35.5. The Hall–Kier alpha value is -1.97. The quantitative estimate of drug-likeness (QED) is 0.466. The van der Waals surface area contributed by atoms with Crippen molar-refractivity contribution >= 4 is 72.4 Å². The lowest BCUT2D eigenvalue weighted by Gasteiger charge is -2.26. The summed E-state index contributed by atoms with van der Waals surface area (Å²) in [6.07, 6.45) is 0. The lowest BCUT2D eigenvalue weighted by molar-refractivity contribution is -0.119. The number of nitrogens with zero attached hydrogens (tertiary/aromatic N) is 1. The predicted molar refractivity (Wildman–Crippen MR) is 128 cm³/mol. The van der Waals surface area contributed by atoms with Crippen LogP contribution in [0.4, 0.5) is 5.69 Å². The molecular formula is C19H18Cl3N3O8S2. The summed E-state index contributed by atoms with van der Waals surface area (Å²) in [5.41, 5.74) is -0.410. The molecule has 0 radical (unpaired) electrons. The summed E-state index contributed by atoms with van der Waals surface area (Å²) in [5.74, 6) is -1.97. The van der Waals surface area contributed by atoms with Crippen molar-refractivity contribution in [2.75, 3.05) is 38.2 Å². The third-order valence-electron chi connectivity index (χ3n) is 4.70. The summed E-state index contributed by atoms with van der Waals surface area (Å²) in [6.45, 7) is 0.0710. The summed E-state index contributed by atoms with van der Waals surface area (Å²) in [5, 5.41) is 6.94. The molecule has 1 amide bonds. The molecule has 3 rings (SSSR count). The molecule has 0 aromatic heterocycles. The van der Waals surface area contributed by atoms with Crippen LogP contribution in [0.25, 0.3) is 0 Å². The molecule has 0 aliphatic carbocycles. The van der Waals surface area contributed by atoms with E-state index in [2.05, 4.69) is 5.32 Å². The number of benzene rings is 2. The molecule has 3 N–H and O–H groups in total. The lowest BCUT2D eigenvalue weighted by Crippen LogP contribution is -2.40. The fourth-order valence-electron chi connectivity index (χ4n) is 3.00. The monoisotopic (exact) mass is 585 g/mol. The Morgan fingerprint density at radius 1 is 1.00 bits per heavy atom. The van der Waals surface area contributed by atoms with Gasteiger partial charge in [0.05, 0.1) is 44.4 Å². The summed E-state index contributed by atoms with van der Waals surface area (Å²) < 4.78 is 60.2. The van der Waals surface area contributed by atoms with Gasteiger partial charge in [-0.2, -0.15) is 4.31 Å². The largest absolute Gasteiger partial charge is 0.452 e. The number of anilines is 1. The SMILES string of the molecule is NS(=O)(=O)c1cc(C(=O)OCC(=O)Nc2cc(S(=O)(=O)N3CCOCC3)ccc2Cl)c(Cl)cc1Cl. The fourth-order valence-corrected chi connectivity index (χ4v) is 5.99. The van der Waals surface area contributed by atoms with Crippen LogP contribution in [0.15, 0.2) is 40.1 Å². The number of morpholine rings is 1. The molecule has 0 spiro atoms. The minimum Gasteiger partial charge on any atom is -0.452 e. The van der Waals surface area contributed by atoms with Crippen LogP contribution in [-0.2, 0) is 34.3 Å². The Morgan fingerprint density at radius 2 is 1.66 bits per heavy atom. The maximum absolute atomic E-state index is 12.8. The number of nitrogens with one attached hydrogen (secondary N) is 1. The van der Waals surface area contributed by atoms with Crippen molar-refractivity contribution in [1.82, 2.24) is 4.31 Å². The van der Waals surface area contributed by atoms with Crippen molar-refractivity contribution in [3.8, 4) is 0 Å². The summed E-state index contributed by atoms with van der Waals surface area (Å²) in [6, 6.07) is 5.62. The molecule has 1 fully saturated rings. The molecule has 1 saturated heterocycles. The smallest absolute Gasteiger partial charge is 0.340 e. The van der Waals surface area contributed by atoms with Gasteiger partial charge in [-0.05, 0) is 30.3 Å². The molecule has 11 nitrogen and oxygen atoms in total. The molecule has 0 unspecified atom stereocenters. The number of hydrogen-bond donors (Lipinski definition) is 2. The van der Waals surface area contributed by atoms with Crippen LogP contribution in [0, 0.1) is 0 Å². The predicted octanol–water partition coefficient (Wildman–Crippen LogP) is 2.11. The van der Waals surface area contributed by atoms with Gasteiger partial charge in [0, 0.05) is 13.1 Å². The van der Waals surface area contributed by atoms with E-state index in [0.29, 0.717) is 0 Å². The first-order valence-corrected chi connectivity index (χ1v) is 13.8. The number of esters is 1. The first-order valence-electron chi connectivity index (χ1n) is 9.67. The van der Waals surface area contributed by atoms with Gasteiger partial charge in [-0.3, -0.25) is 4.79 Å². The van der Waals surface area contributed by atoms with E-state index in [4.69, 9.17) is 49.4 Å². The van der Waals surface area contributed by atoms with Crippen molar-refractivity contribution in [2.45, 2.75) is 9.79 Å². The van der Waals surface area contributed by atoms with E-state index in [9.17, 15) is 26.4 Å². The average Bonchev–Trinajstić information content (AvgIpc) is 2.78. The van der Waals surface area contributed by atoms with Crippen molar-refractivity contribution in [2.24, 2.45) is 5.14 Å². The van der Waals surface area contributed by atoms with Crippen LogP contribution in [0.3, 0.4) is 0 Å². The molecule has 1 aliphatic heterocycles. The maximum Gasteiger partial charge on any atom is 0.340 e. The molecule has 1 aliphatic rings. The van der Waals surface area contributed by atoms with Gasteiger partial charge in [-0.15, -0.1) is 0 Å². The Labute approximate surface area is 216 Å². The highest BCUT2D eigenvalue weighted by Gasteiger charge is 2.27. The normalized spacial score (nSPS) is 15.0. The standard InChI is InChI=1S/C19H18Cl3N3O8S2/c20-13-2-1-11(35(30,31)25-3-5-32-6-4-25)7-16(13)24-18(26)10-33-19(27)12-8-17(34(23,28)29)15(22)9-14(12)21/h1-2,7-9H,3-6,10H2,(H,24,26)(H2,23,28,29). The van der Waals surface area contributed by atoms with Gasteiger partial charge in [0.15, 0.2) is 6.61 Å². The Morgan fingerprint density at radius 3 is 2.29 bits per heavy atom. The molecule has 2 aromatic carbocycles. The molecule has 0 atom stereocenters. The molecule has 35 heavy (non-hydrogen) atoms. The Kier molecular flexibility index (Phi) is 8.65. The van der Waals surface area contributed by atoms with E-state index in [1.54, 1.807) is 0 Å². The van der Waals surface area contributed by atoms with Crippen LogP contribution in [-0.4, -0.2) is 65.9 Å². The topological polar surface area (TPSA) is 162 Å². The Balaban J connectivity index is 1.72. The van der Waals surface area contributed by atoms with Gasteiger partial charge in [-0.1, -0.05) is 34.8 Å². The van der Waals surface area contributed by atoms with Crippen molar-refractivity contribution < 1.29 is 35.9 Å².